The Labute approximate surface area is 183 Å². The first kappa shape index (κ1) is 22.2. The lowest BCUT2D eigenvalue weighted by Crippen LogP contribution is -2.20. The molecule has 0 bridgehead atoms. The van der Waals surface area contributed by atoms with Crippen molar-refractivity contribution in [3.05, 3.63) is 64.4 Å². The van der Waals surface area contributed by atoms with E-state index in [4.69, 9.17) is 0 Å². The fourth-order valence-electron chi connectivity index (χ4n) is 2.61. The van der Waals surface area contributed by atoms with Gasteiger partial charge < -0.3 is 10.6 Å². The number of para-hydroxylation sites is 1. The van der Waals surface area contributed by atoms with Gasteiger partial charge in [-0.15, -0.1) is 10.2 Å². The molecule has 0 saturated heterocycles. The number of amides is 2. The fraction of sp³-hybridized carbons (Fsp3) is 0.227. The van der Waals surface area contributed by atoms with E-state index >= 15 is 0 Å². The molecule has 160 valence electrons. The molecular formula is C22H23N5O3S. The number of aromatic nitrogens is 3. The van der Waals surface area contributed by atoms with Crippen LogP contribution in [0.1, 0.15) is 19.4 Å². The molecule has 0 atom stereocenters. The number of H-pyrrole nitrogens is 1. The van der Waals surface area contributed by atoms with Crippen LogP contribution in [-0.4, -0.2) is 32.7 Å². The Morgan fingerprint density at radius 1 is 1.03 bits per heavy atom. The van der Waals surface area contributed by atoms with E-state index in [1.54, 1.807) is 38.1 Å². The van der Waals surface area contributed by atoms with E-state index in [0.29, 0.717) is 16.9 Å². The van der Waals surface area contributed by atoms with Gasteiger partial charge in [0.15, 0.2) is 10.9 Å². The molecule has 3 N–H and O–H groups in total. The predicted molar refractivity (Wildman–Crippen MR) is 122 cm³/mol. The minimum Gasteiger partial charge on any atom is -0.325 e. The molecule has 0 aliphatic carbocycles. The Hall–Kier alpha value is -3.46. The molecule has 0 fully saturated rings. The molecule has 8 nitrogen and oxygen atoms in total. The van der Waals surface area contributed by atoms with Crippen LogP contribution in [0.15, 0.2) is 58.5 Å². The van der Waals surface area contributed by atoms with Crippen LogP contribution in [0.5, 0.6) is 0 Å². The van der Waals surface area contributed by atoms with Crippen molar-refractivity contribution < 1.29 is 9.59 Å². The molecule has 0 aliphatic heterocycles. The first-order valence-electron chi connectivity index (χ1n) is 9.70. The van der Waals surface area contributed by atoms with Gasteiger partial charge >= 0.3 is 0 Å². The third kappa shape index (κ3) is 6.02. The van der Waals surface area contributed by atoms with E-state index < -0.39 is 5.56 Å². The van der Waals surface area contributed by atoms with Crippen molar-refractivity contribution >= 4 is 35.0 Å². The second-order valence-electron chi connectivity index (χ2n) is 7.20. The van der Waals surface area contributed by atoms with E-state index in [9.17, 15) is 14.4 Å². The largest absolute Gasteiger partial charge is 0.325 e. The summed E-state index contributed by atoms with van der Waals surface area (Å²) in [6.07, 6.45) is 0. The molecule has 0 radical (unpaired) electrons. The van der Waals surface area contributed by atoms with Crippen LogP contribution >= 0.6 is 11.8 Å². The maximum absolute atomic E-state index is 12.6. The number of benzene rings is 2. The van der Waals surface area contributed by atoms with Crippen molar-refractivity contribution in [1.82, 2.24) is 15.2 Å². The Bertz CT molecular complexity index is 1140. The zero-order valence-electron chi connectivity index (χ0n) is 17.4. The molecule has 2 amide bonds. The van der Waals surface area contributed by atoms with Crippen molar-refractivity contribution in [2.24, 2.45) is 5.92 Å². The normalized spacial score (nSPS) is 10.7. The Kier molecular flexibility index (Phi) is 7.19. The molecule has 31 heavy (non-hydrogen) atoms. The highest BCUT2D eigenvalue weighted by molar-refractivity contribution is 7.99. The monoisotopic (exact) mass is 437 g/mol. The second-order valence-corrected chi connectivity index (χ2v) is 8.16. The number of hydrogen-bond acceptors (Lipinski definition) is 6. The quantitative estimate of drug-likeness (QED) is 0.487. The maximum Gasteiger partial charge on any atom is 0.278 e. The predicted octanol–water partition coefficient (Wildman–Crippen LogP) is 3.47. The van der Waals surface area contributed by atoms with Gasteiger partial charge in [-0.05, 0) is 25.1 Å². The third-order valence-electron chi connectivity index (χ3n) is 4.32. The van der Waals surface area contributed by atoms with E-state index in [0.717, 1.165) is 17.3 Å². The van der Waals surface area contributed by atoms with Crippen molar-refractivity contribution in [2.75, 3.05) is 16.4 Å². The molecular weight excluding hydrogens is 414 g/mol. The summed E-state index contributed by atoms with van der Waals surface area (Å²) < 4.78 is 0. The van der Waals surface area contributed by atoms with Gasteiger partial charge in [0, 0.05) is 17.2 Å². The smallest absolute Gasteiger partial charge is 0.278 e. The number of hydrogen-bond donors (Lipinski definition) is 3. The van der Waals surface area contributed by atoms with Crippen LogP contribution in [0, 0.1) is 12.8 Å². The highest BCUT2D eigenvalue weighted by atomic mass is 32.2. The summed E-state index contributed by atoms with van der Waals surface area (Å²) in [6.45, 7) is 5.54. The minimum absolute atomic E-state index is 0.0683. The number of aromatic amines is 1. The van der Waals surface area contributed by atoms with Gasteiger partial charge in [0.1, 0.15) is 0 Å². The molecule has 0 spiro atoms. The summed E-state index contributed by atoms with van der Waals surface area (Å²) in [4.78, 5) is 39.4. The summed E-state index contributed by atoms with van der Waals surface area (Å²) in [5.74, 6) is -0.521. The van der Waals surface area contributed by atoms with Gasteiger partial charge in [0.2, 0.25) is 11.8 Å². The Morgan fingerprint density at radius 3 is 2.42 bits per heavy atom. The first-order chi connectivity index (χ1) is 14.8. The summed E-state index contributed by atoms with van der Waals surface area (Å²) in [5, 5.41) is 13.9. The number of carbonyl (C=O) groups is 2. The number of carbonyl (C=O) groups excluding carboxylic acids is 2. The Morgan fingerprint density at radius 2 is 1.74 bits per heavy atom. The second kappa shape index (κ2) is 10.0. The topological polar surface area (TPSA) is 117 Å². The van der Waals surface area contributed by atoms with Gasteiger partial charge in [0.05, 0.1) is 11.4 Å². The summed E-state index contributed by atoms with van der Waals surface area (Å²) >= 11 is 1.08. The average molecular weight is 438 g/mol. The van der Waals surface area contributed by atoms with Crippen LogP contribution in [-0.2, 0) is 9.59 Å². The molecule has 3 aromatic rings. The Balaban J connectivity index is 1.69. The molecule has 3 rings (SSSR count). The third-order valence-corrected chi connectivity index (χ3v) is 5.18. The molecule has 1 heterocycles. The molecule has 1 aromatic heterocycles. The SMILES string of the molecule is Cc1ccc(NC(=O)CSc2nnc(-c3ccccc3NC(=O)C(C)C)c(=O)[nH]2)cc1. The van der Waals surface area contributed by atoms with Crippen LogP contribution in [0.3, 0.4) is 0 Å². The highest BCUT2D eigenvalue weighted by Crippen LogP contribution is 2.24. The van der Waals surface area contributed by atoms with Crippen LogP contribution in [0.2, 0.25) is 0 Å². The van der Waals surface area contributed by atoms with Crippen molar-refractivity contribution in [3.63, 3.8) is 0 Å². The number of nitrogens with one attached hydrogen (secondary N) is 3. The van der Waals surface area contributed by atoms with Gasteiger partial charge in [0.25, 0.3) is 5.56 Å². The number of nitrogens with zero attached hydrogens (tertiary/aromatic N) is 2. The van der Waals surface area contributed by atoms with Crippen LogP contribution < -0.4 is 16.2 Å². The first-order valence-corrected chi connectivity index (χ1v) is 10.7. The lowest BCUT2D eigenvalue weighted by atomic mass is 10.1. The van der Waals surface area contributed by atoms with E-state index in [1.165, 1.54) is 0 Å². The zero-order chi connectivity index (χ0) is 22.4. The van der Waals surface area contributed by atoms with Crippen molar-refractivity contribution in [1.29, 1.82) is 0 Å². The summed E-state index contributed by atoms with van der Waals surface area (Å²) in [5.41, 5.74) is 2.39. The van der Waals surface area contributed by atoms with Gasteiger partial charge in [-0.2, -0.15) is 0 Å². The maximum atomic E-state index is 12.6. The van der Waals surface area contributed by atoms with Crippen molar-refractivity contribution in [2.45, 2.75) is 25.9 Å². The van der Waals surface area contributed by atoms with Crippen molar-refractivity contribution in [3.8, 4) is 11.3 Å². The zero-order valence-corrected chi connectivity index (χ0v) is 18.2. The summed E-state index contributed by atoms with van der Waals surface area (Å²) in [6, 6.07) is 14.4. The minimum atomic E-state index is -0.456. The molecule has 2 aromatic carbocycles. The van der Waals surface area contributed by atoms with Crippen LogP contribution in [0.4, 0.5) is 11.4 Å². The number of anilines is 2. The molecule has 0 aliphatic rings. The molecule has 0 unspecified atom stereocenters. The van der Waals surface area contributed by atoms with Crippen LogP contribution in [0.25, 0.3) is 11.3 Å². The van der Waals surface area contributed by atoms with Gasteiger partial charge in [-0.25, -0.2) is 0 Å². The fourth-order valence-corrected chi connectivity index (χ4v) is 3.21. The average Bonchev–Trinajstić information content (AvgIpc) is 2.74. The number of aryl methyl sites for hydroxylation is 1. The molecule has 9 heteroatoms. The van der Waals surface area contributed by atoms with Gasteiger partial charge in [-0.1, -0.05) is 61.5 Å². The number of thioether (sulfide) groups is 1. The van der Waals surface area contributed by atoms with E-state index in [1.807, 2.05) is 31.2 Å². The van der Waals surface area contributed by atoms with Gasteiger partial charge in [-0.3, -0.25) is 19.4 Å². The number of rotatable bonds is 7. The van der Waals surface area contributed by atoms with E-state index in [-0.39, 0.29) is 34.3 Å². The summed E-state index contributed by atoms with van der Waals surface area (Å²) in [7, 11) is 0. The standard InChI is InChI=1S/C22H23N5O3S/c1-13(2)20(29)24-17-7-5-4-6-16(17)19-21(30)25-22(27-26-19)31-12-18(28)23-15-10-8-14(3)9-11-15/h4-11,13H,12H2,1-3H3,(H,23,28)(H,24,29)(H,25,27,30). The lowest BCUT2D eigenvalue weighted by molar-refractivity contribution is -0.119. The highest BCUT2D eigenvalue weighted by Gasteiger charge is 2.15. The lowest BCUT2D eigenvalue weighted by Gasteiger charge is -2.11. The molecule has 0 saturated carbocycles. The van der Waals surface area contributed by atoms with E-state index in [2.05, 4.69) is 25.8 Å².